The van der Waals surface area contributed by atoms with Gasteiger partial charge in [0.2, 0.25) is 0 Å². The molecule has 0 aromatic heterocycles. The molecule has 0 unspecified atom stereocenters. The molecule has 155 valence electrons. The molecule has 0 spiro atoms. The third-order valence-corrected chi connectivity index (χ3v) is 6.67. The second kappa shape index (κ2) is 11.7. The molecule has 0 saturated carbocycles. The summed E-state index contributed by atoms with van der Waals surface area (Å²) in [6, 6.07) is 1.12. The smallest absolute Gasteiger partial charge is 0.254 e. The fraction of sp³-hybridized carbons (Fsp3) is 1.00. The highest BCUT2D eigenvalue weighted by Gasteiger charge is 2.44. The first-order valence-electron chi connectivity index (χ1n) is 10.4. The second-order valence-corrected chi connectivity index (χ2v) is 24.1. The molecule has 3 nitrogen and oxygen atoms in total. The monoisotopic (exact) mass is 433 g/mol. The molecule has 0 saturated heterocycles. The zero-order valence-electron chi connectivity index (χ0n) is 19.1. The van der Waals surface area contributed by atoms with Gasteiger partial charge >= 0.3 is 0 Å². The Morgan fingerprint density at radius 3 is 1.15 bits per heavy atom. The van der Waals surface area contributed by atoms with Gasteiger partial charge in [0.25, 0.3) is 5.97 Å². The molecular weight excluding hydrogens is 389 g/mol. The van der Waals surface area contributed by atoms with E-state index in [1.165, 1.54) is 38.5 Å². The van der Waals surface area contributed by atoms with E-state index in [-0.39, 0.29) is 0 Å². The highest BCUT2D eigenvalue weighted by atomic mass is 28.4. The SMILES string of the molecule is C[Si](C)(C)OC(CCCCCCCCC[Si])(O[Si](C)(C)C)O[Si](C)(C)C. The Morgan fingerprint density at radius 2 is 0.846 bits per heavy atom. The van der Waals surface area contributed by atoms with Crippen molar-refractivity contribution in [2.75, 3.05) is 0 Å². The topological polar surface area (TPSA) is 27.7 Å². The van der Waals surface area contributed by atoms with Gasteiger partial charge in [-0.25, -0.2) is 0 Å². The van der Waals surface area contributed by atoms with Crippen LogP contribution in [0.4, 0.5) is 0 Å². The Labute approximate surface area is 170 Å². The van der Waals surface area contributed by atoms with E-state index in [1.54, 1.807) is 0 Å². The summed E-state index contributed by atoms with van der Waals surface area (Å²) in [5.74, 6) is -0.824. The zero-order valence-corrected chi connectivity index (χ0v) is 23.1. The molecule has 26 heavy (non-hydrogen) atoms. The Bertz CT molecular complexity index is 330. The molecule has 0 amide bonds. The van der Waals surface area contributed by atoms with Crippen LogP contribution in [-0.4, -0.2) is 41.2 Å². The van der Waals surface area contributed by atoms with Crippen LogP contribution < -0.4 is 0 Å². The maximum atomic E-state index is 6.60. The Kier molecular flexibility index (Phi) is 12.0. The van der Waals surface area contributed by atoms with E-state index in [9.17, 15) is 0 Å². The van der Waals surface area contributed by atoms with Gasteiger partial charge in [0.1, 0.15) is 0 Å². The van der Waals surface area contributed by atoms with Crippen molar-refractivity contribution in [3.63, 3.8) is 0 Å². The van der Waals surface area contributed by atoms with Crippen molar-refractivity contribution in [1.29, 1.82) is 0 Å². The summed E-state index contributed by atoms with van der Waals surface area (Å²) < 4.78 is 19.8. The van der Waals surface area contributed by atoms with E-state index in [2.05, 4.69) is 69.2 Å². The van der Waals surface area contributed by atoms with Crippen LogP contribution in [-0.2, 0) is 13.3 Å². The predicted octanol–water partition coefficient (Wildman–Crippen LogP) is 6.90. The van der Waals surface area contributed by atoms with Crippen molar-refractivity contribution >= 4 is 35.2 Å². The standard InChI is InChI=1S/C19H45O3Si4/c1-24(2,3)20-19(21-25(4,5)6,22-26(7,8)9)17-15-13-11-10-12-14-16-18-23/h10-18H2,1-9H3. The molecular formula is C19H45O3Si4. The number of hydrogen-bond acceptors (Lipinski definition) is 3. The summed E-state index contributed by atoms with van der Waals surface area (Å²) in [6.45, 7) is 20.1. The number of rotatable bonds is 15. The van der Waals surface area contributed by atoms with Gasteiger partial charge in [0.05, 0.1) is 0 Å². The lowest BCUT2D eigenvalue weighted by Gasteiger charge is -2.45. The van der Waals surface area contributed by atoms with Gasteiger partial charge in [-0.1, -0.05) is 44.6 Å². The molecule has 0 fully saturated rings. The van der Waals surface area contributed by atoms with Crippen molar-refractivity contribution in [2.24, 2.45) is 0 Å². The molecule has 0 aliphatic carbocycles. The number of hydrogen-bond donors (Lipinski definition) is 0. The molecule has 3 radical (unpaired) electrons. The fourth-order valence-corrected chi connectivity index (χ4v) is 6.82. The van der Waals surface area contributed by atoms with Gasteiger partial charge in [-0.3, -0.25) is 0 Å². The first-order chi connectivity index (χ1) is 11.7. The minimum absolute atomic E-state index is 0.824. The average molecular weight is 434 g/mol. The van der Waals surface area contributed by atoms with Crippen LogP contribution in [0.25, 0.3) is 0 Å². The molecule has 0 N–H and O–H groups in total. The van der Waals surface area contributed by atoms with Crippen LogP contribution in [0.5, 0.6) is 0 Å². The average Bonchev–Trinajstić information content (AvgIpc) is 2.35. The minimum atomic E-state index is -1.79. The summed E-state index contributed by atoms with van der Waals surface area (Å²) in [6.07, 6.45) is 9.79. The van der Waals surface area contributed by atoms with Crippen molar-refractivity contribution in [1.82, 2.24) is 0 Å². The summed E-state index contributed by atoms with van der Waals surface area (Å²) in [5, 5.41) is 0. The van der Waals surface area contributed by atoms with Gasteiger partial charge in [0.15, 0.2) is 25.0 Å². The largest absolute Gasteiger partial charge is 0.371 e. The van der Waals surface area contributed by atoms with Crippen molar-refractivity contribution in [3.8, 4) is 0 Å². The summed E-state index contributed by atoms with van der Waals surface area (Å²) in [7, 11) is -1.83. The van der Waals surface area contributed by atoms with Crippen LogP contribution in [0.15, 0.2) is 0 Å². The Hall–Kier alpha value is 0.748. The molecule has 0 bridgehead atoms. The van der Waals surface area contributed by atoms with Gasteiger partial charge < -0.3 is 13.3 Å². The summed E-state index contributed by atoms with van der Waals surface area (Å²) >= 11 is 0. The number of unbranched alkanes of at least 4 members (excludes halogenated alkanes) is 6. The van der Waals surface area contributed by atoms with Crippen LogP contribution >= 0.6 is 0 Å². The van der Waals surface area contributed by atoms with Crippen molar-refractivity contribution < 1.29 is 13.3 Å². The maximum absolute atomic E-state index is 6.60. The zero-order chi connectivity index (χ0) is 20.5. The van der Waals surface area contributed by atoms with Gasteiger partial charge in [-0.15, -0.1) is 0 Å². The third-order valence-electron chi connectivity index (χ3n) is 3.54. The van der Waals surface area contributed by atoms with Crippen molar-refractivity contribution in [2.45, 2.75) is 122 Å². The molecule has 7 heteroatoms. The summed E-state index contributed by atoms with van der Waals surface area (Å²) in [4.78, 5) is 0. The van der Waals surface area contributed by atoms with E-state index < -0.39 is 30.9 Å². The van der Waals surface area contributed by atoms with E-state index in [1.807, 2.05) is 0 Å². The first kappa shape index (κ1) is 26.7. The quantitative estimate of drug-likeness (QED) is 0.160. The van der Waals surface area contributed by atoms with Gasteiger partial charge in [-0.2, -0.15) is 0 Å². The van der Waals surface area contributed by atoms with Crippen LogP contribution in [0, 0.1) is 0 Å². The normalized spacial score (nSPS) is 14.1. The molecule has 0 aliphatic rings. The lowest BCUT2D eigenvalue weighted by atomic mass is 10.1. The Morgan fingerprint density at radius 1 is 0.538 bits per heavy atom. The molecule has 0 aliphatic heterocycles. The maximum Gasteiger partial charge on any atom is 0.254 e. The third kappa shape index (κ3) is 15.8. The van der Waals surface area contributed by atoms with Crippen LogP contribution in [0.2, 0.25) is 65.0 Å². The highest BCUT2D eigenvalue weighted by molar-refractivity contribution is 6.72. The van der Waals surface area contributed by atoms with E-state index in [4.69, 9.17) is 13.3 Å². The van der Waals surface area contributed by atoms with E-state index >= 15 is 0 Å². The lowest BCUT2D eigenvalue weighted by molar-refractivity contribution is -0.274. The Balaban J connectivity index is 4.88. The lowest BCUT2D eigenvalue weighted by Crippen LogP contribution is -2.55. The van der Waals surface area contributed by atoms with Gasteiger partial charge in [0, 0.05) is 16.7 Å². The highest BCUT2D eigenvalue weighted by Crippen LogP contribution is 2.33. The van der Waals surface area contributed by atoms with E-state index in [0.717, 1.165) is 18.9 Å². The summed E-state index contributed by atoms with van der Waals surface area (Å²) in [5.41, 5.74) is 0. The molecule has 0 aromatic rings. The predicted molar refractivity (Wildman–Crippen MR) is 124 cm³/mol. The molecule has 0 atom stereocenters. The molecule has 0 heterocycles. The minimum Gasteiger partial charge on any atom is -0.371 e. The van der Waals surface area contributed by atoms with Crippen molar-refractivity contribution in [3.05, 3.63) is 0 Å². The molecule has 0 rings (SSSR count). The van der Waals surface area contributed by atoms with E-state index in [0.29, 0.717) is 0 Å². The first-order valence-corrected chi connectivity index (χ1v) is 21.4. The fourth-order valence-electron chi connectivity index (χ4n) is 2.97. The molecule has 0 aromatic carbocycles. The van der Waals surface area contributed by atoms with Crippen LogP contribution in [0.1, 0.15) is 51.4 Å². The van der Waals surface area contributed by atoms with Crippen LogP contribution in [0.3, 0.4) is 0 Å². The van der Waals surface area contributed by atoms with Gasteiger partial charge in [-0.05, 0) is 65.3 Å². The second-order valence-electron chi connectivity index (χ2n) is 10.3.